The van der Waals surface area contributed by atoms with Crippen LogP contribution in [-0.2, 0) is 17.6 Å². The summed E-state index contributed by atoms with van der Waals surface area (Å²) in [5.41, 5.74) is 3.51. The zero-order chi connectivity index (χ0) is 24.7. The number of hydrogen-bond donors (Lipinski definition) is 0. The van der Waals surface area contributed by atoms with Gasteiger partial charge in [0, 0.05) is 23.9 Å². The zero-order valence-electron chi connectivity index (χ0n) is 22.2. The van der Waals surface area contributed by atoms with Gasteiger partial charge in [0.25, 0.3) is 0 Å². The van der Waals surface area contributed by atoms with Crippen LogP contribution in [0, 0.1) is 5.92 Å². The fraction of sp³-hybridized carbons (Fsp3) is 0.645. The number of fused-ring (bicyclic) bond motifs is 1. The molecule has 1 aliphatic rings. The number of carbonyl (C=O) groups excluding carboxylic acids is 1. The first kappa shape index (κ1) is 27.4. The average Bonchev–Trinajstić information content (AvgIpc) is 2.88. The van der Waals surface area contributed by atoms with Crippen molar-refractivity contribution in [2.24, 2.45) is 5.92 Å². The van der Waals surface area contributed by atoms with E-state index in [1.54, 1.807) is 0 Å². The molecule has 1 aliphatic carbocycles. The Kier molecular flexibility index (Phi) is 12.3. The molecule has 3 rings (SSSR count). The van der Waals surface area contributed by atoms with Crippen LogP contribution in [0.15, 0.2) is 30.5 Å². The highest BCUT2D eigenvalue weighted by Gasteiger charge is 2.20. The van der Waals surface area contributed by atoms with E-state index in [0.29, 0.717) is 12.2 Å². The molecule has 1 unspecified atom stereocenters. The summed E-state index contributed by atoms with van der Waals surface area (Å²) in [5.74, 6) is 2.00. The van der Waals surface area contributed by atoms with Crippen LogP contribution in [0.1, 0.15) is 121 Å². The van der Waals surface area contributed by atoms with Gasteiger partial charge in [-0.25, -0.2) is 9.97 Å². The maximum absolute atomic E-state index is 12.1. The van der Waals surface area contributed by atoms with Gasteiger partial charge in [-0.15, -0.1) is 0 Å². The van der Waals surface area contributed by atoms with Gasteiger partial charge in [0.05, 0.1) is 0 Å². The van der Waals surface area contributed by atoms with E-state index >= 15 is 0 Å². The van der Waals surface area contributed by atoms with Crippen molar-refractivity contribution < 1.29 is 9.53 Å². The molecule has 4 heteroatoms. The minimum absolute atomic E-state index is 0.148. The van der Waals surface area contributed by atoms with E-state index in [9.17, 15) is 4.79 Å². The summed E-state index contributed by atoms with van der Waals surface area (Å²) in [5, 5.41) is 0. The fourth-order valence-corrected chi connectivity index (χ4v) is 5.09. The van der Waals surface area contributed by atoms with E-state index < -0.39 is 0 Å². The molecule has 2 aromatic rings. The van der Waals surface area contributed by atoms with Gasteiger partial charge in [0.2, 0.25) is 0 Å². The van der Waals surface area contributed by atoms with Crippen molar-refractivity contribution in [3.05, 3.63) is 41.7 Å². The molecule has 0 radical (unpaired) electrons. The Balaban J connectivity index is 1.43. The molecule has 1 aromatic heterocycles. The highest BCUT2D eigenvalue weighted by atomic mass is 16.5. The molecule has 0 saturated carbocycles. The van der Waals surface area contributed by atoms with E-state index in [1.165, 1.54) is 88.3 Å². The lowest BCUT2D eigenvalue weighted by atomic mass is 9.84. The molecule has 1 aromatic carbocycles. The van der Waals surface area contributed by atoms with Gasteiger partial charge in [-0.05, 0) is 61.4 Å². The minimum Gasteiger partial charge on any atom is -0.427 e. The second-order valence-electron chi connectivity index (χ2n) is 10.3. The molecule has 0 amide bonds. The molecule has 35 heavy (non-hydrogen) atoms. The van der Waals surface area contributed by atoms with Gasteiger partial charge >= 0.3 is 5.97 Å². The third-order valence-corrected chi connectivity index (χ3v) is 7.30. The molecule has 0 bridgehead atoms. The second kappa shape index (κ2) is 15.7. The molecule has 1 heterocycles. The molecule has 4 nitrogen and oxygen atoms in total. The van der Waals surface area contributed by atoms with Crippen LogP contribution < -0.4 is 4.74 Å². The van der Waals surface area contributed by atoms with Crippen molar-refractivity contribution in [2.45, 2.75) is 123 Å². The van der Waals surface area contributed by atoms with E-state index in [-0.39, 0.29) is 5.97 Å². The van der Waals surface area contributed by atoms with E-state index in [2.05, 4.69) is 18.8 Å². The number of unbranched alkanes of at least 4 members (excludes halogenated alkanes) is 10. The maximum atomic E-state index is 12.1. The highest BCUT2D eigenvalue weighted by molar-refractivity contribution is 5.72. The normalized spacial score (nSPS) is 15.1. The molecule has 0 saturated heterocycles. The number of esters is 1. The molecule has 192 valence electrons. The van der Waals surface area contributed by atoms with Crippen molar-refractivity contribution in [1.29, 1.82) is 0 Å². The van der Waals surface area contributed by atoms with Crippen molar-refractivity contribution in [3.8, 4) is 17.1 Å². The lowest BCUT2D eigenvalue weighted by Gasteiger charge is -2.24. The quantitative estimate of drug-likeness (QED) is 0.138. The first-order valence-electron chi connectivity index (χ1n) is 14.4. The Bertz CT molecular complexity index is 878. The molecular weight excluding hydrogens is 432 g/mol. The largest absolute Gasteiger partial charge is 0.427 e. The molecule has 0 N–H and O–H groups in total. The van der Waals surface area contributed by atoms with E-state index in [1.807, 2.05) is 30.5 Å². The molecule has 1 atom stereocenters. The predicted molar refractivity (Wildman–Crippen MR) is 145 cm³/mol. The first-order valence-corrected chi connectivity index (χ1v) is 14.4. The third-order valence-electron chi connectivity index (χ3n) is 7.30. The van der Waals surface area contributed by atoms with Gasteiger partial charge in [-0.2, -0.15) is 0 Å². The van der Waals surface area contributed by atoms with Crippen LogP contribution in [0.2, 0.25) is 0 Å². The Morgan fingerprint density at radius 1 is 0.886 bits per heavy atom. The minimum atomic E-state index is -0.148. The van der Waals surface area contributed by atoms with Crippen LogP contribution in [-0.4, -0.2) is 15.9 Å². The maximum Gasteiger partial charge on any atom is 0.311 e. The number of carbonyl (C=O) groups is 1. The van der Waals surface area contributed by atoms with Crippen LogP contribution in [0.5, 0.6) is 5.75 Å². The summed E-state index contributed by atoms with van der Waals surface area (Å²) in [4.78, 5) is 21.6. The molecule has 0 aliphatic heterocycles. The lowest BCUT2D eigenvalue weighted by Crippen LogP contribution is -2.16. The van der Waals surface area contributed by atoms with E-state index in [4.69, 9.17) is 9.72 Å². The standard InChI is InChI=1S/C31H46N2O2/c1-3-5-7-9-10-12-13-15-25-17-22-29-27(23-25)24-32-31(33-29)26-18-20-28(21-19-26)35-30(34)16-14-11-8-6-4-2/h18-21,24-25H,3-17,22-23H2,1-2H3. The number of hydrogen-bond acceptors (Lipinski definition) is 4. The number of benzene rings is 1. The molecule has 0 spiro atoms. The third kappa shape index (κ3) is 9.74. The monoisotopic (exact) mass is 478 g/mol. The van der Waals surface area contributed by atoms with Crippen molar-refractivity contribution in [3.63, 3.8) is 0 Å². The molecular formula is C31H46N2O2. The summed E-state index contributed by atoms with van der Waals surface area (Å²) in [7, 11) is 0. The number of ether oxygens (including phenoxy) is 1. The summed E-state index contributed by atoms with van der Waals surface area (Å²) in [6.45, 7) is 4.47. The van der Waals surface area contributed by atoms with Crippen molar-refractivity contribution in [1.82, 2.24) is 9.97 Å². The van der Waals surface area contributed by atoms with Crippen LogP contribution in [0.3, 0.4) is 0 Å². The summed E-state index contributed by atoms with van der Waals surface area (Å²) >= 11 is 0. The number of aromatic nitrogens is 2. The summed E-state index contributed by atoms with van der Waals surface area (Å²) in [6.07, 6.45) is 22.6. The SMILES string of the molecule is CCCCCCCCCC1CCc2nc(-c3ccc(OC(=O)CCCCCCC)cc3)ncc2C1. The predicted octanol–water partition coefficient (Wildman–Crippen LogP) is 8.66. The van der Waals surface area contributed by atoms with Crippen LogP contribution >= 0.6 is 0 Å². The highest BCUT2D eigenvalue weighted by Crippen LogP contribution is 2.29. The van der Waals surface area contributed by atoms with Gasteiger partial charge in [-0.1, -0.05) is 90.9 Å². The van der Waals surface area contributed by atoms with Crippen LogP contribution in [0.25, 0.3) is 11.4 Å². The van der Waals surface area contributed by atoms with Gasteiger partial charge < -0.3 is 4.74 Å². The van der Waals surface area contributed by atoms with Crippen molar-refractivity contribution >= 4 is 5.97 Å². The summed E-state index contributed by atoms with van der Waals surface area (Å²) < 4.78 is 5.50. The topological polar surface area (TPSA) is 52.1 Å². The lowest BCUT2D eigenvalue weighted by molar-refractivity contribution is -0.134. The smallest absolute Gasteiger partial charge is 0.311 e. The Morgan fingerprint density at radius 2 is 1.54 bits per heavy atom. The van der Waals surface area contributed by atoms with Gasteiger partial charge in [0.1, 0.15) is 5.75 Å². The Hall–Kier alpha value is -2.23. The number of nitrogens with zero attached hydrogens (tertiary/aromatic N) is 2. The fourth-order valence-electron chi connectivity index (χ4n) is 5.09. The Labute approximate surface area is 213 Å². The van der Waals surface area contributed by atoms with E-state index in [0.717, 1.165) is 43.0 Å². The summed E-state index contributed by atoms with van der Waals surface area (Å²) in [6, 6.07) is 7.62. The van der Waals surface area contributed by atoms with Crippen LogP contribution in [0.4, 0.5) is 0 Å². The molecule has 0 fully saturated rings. The Morgan fingerprint density at radius 3 is 2.26 bits per heavy atom. The average molecular weight is 479 g/mol. The van der Waals surface area contributed by atoms with Gasteiger partial charge in [-0.3, -0.25) is 4.79 Å². The number of rotatable bonds is 16. The first-order chi connectivity index (χ1) is 17.2. The van der Waals surface area contributed by atoms with Gasteiger partial charge in [0.15, 0.2) is 5.82 Å². The second-order valence-corrected chi connectivity index (χ2v) is 10.3. The zero-order valence-corrected chi connectivity index (χ0v) is 22.2. The van der Waals surface area contributed by atoms with Crippen molar-refractivity contribution in [2.75, 3.05) is 0 Å². The number of aryl methyl sites for hydroxylation is 1.